The summed E-state index contributed by atoms with van der Waals surface area (Å²) < 4.78 is 18.5. The van der Waals surface area contributed by atoms with E-state index < -0.39 is 11.8 Å². The van der Waals surface area contributed by atoms with Gasteiger partial charge in [-0.3, -0.25) is 0 Å². The molecule has 18 heavy (non-hydrogen) atoms. The van der Waals surface area contributed by atoms with E-state index in [0.29, 0.717) is 10.6 Å². The van der Waals surface area contributed by atoms with Crippen LogP contribution in [0, 0.1) is 12.7 Å². The first-order valence-corrected chi connectivity index (χ1v) is 5.54. The van der Waals surface area contributed by atoms with Crippen molar-refractivity contribution in [1.29, 1.82) is 0 Å². The second kappa shape index (κ2) is 5.14. The van der Waals surface area contributed by atoms with Gasteiger partial charge in [0.15, 0.2) is 11.6 Å². The summed E-state index contributed by atoms with van der Waals surface area (Å²) in [6.07, 6.45) is 1.45. The summed E-state index contributed by atoms with van der Waals surface area (Å²) in [6, 6.07) is 7.27. The van der Waals surface area contributed by atoms with E-state index in [9.17, 15) is 9.18 Å². The van der Waals surface area contributed by atoms with Crippen LogP contribution < -0.4 is 4.74 Å². The van der Waals surface area contributed by atoms with Gasteiger partial charge in [0.25, 0.3) is 0 Å². The van der Waals surface area contributed by atoms with Gasteiger partial charge >= 0.3 is 5.97 Å². The van der Waals surface area contributed by atoms with Crippen molar-refractivity contribution in [3.05, 3.63) is 58.6 Å². The third-order valence-electron chi connectivity index (χ3n) is 2.29. The fraction of sp³-hybridized carbons (Fsp3) is 0.0769. The Kier molecular flexibility index (Phi) is 3.58. The van der Waals surface area contributed by atoms with E-state index >= 15 is 0 Å². The molecule has 1 aromatic carbocycles. The molecule has 1 aromatic heterocycles. The number of hydrogen-bond acceptors (Lipinski definition) is 3. The molecule has 0 saturated heterocycles. The highest BCUT2D eigenvalue weighted by Gasteiger charge is 2.14. The standard InChI is InChI=1S/C13H9ClFNO2/c1-8-6-10(15)12(7-9(8)14)18-13(17)11-4-2-3-5-16-11/h2-7H,1H3. The van der Waals surface area contributed by atoms with Crippen molar-refractivity contribution in [2.24, 2.45) is 0 Å². The zero-order valence-corrected chi connectivity index (χ0v) is 10.2. The maximum absolute atomic E-state index is 13.6. The number of nitrogens with zero attached hydrogens (tertiary/aromatic N) is 1. The molecule has 0 unspecified atom stereocenters. The van der Waals surface area contributed by atoms with E-state index in [1.807, 2.05) is 0 Å². The number of ether oxygens (including phenoxy) is 1. The van der Waals surface area contributed by atoms with Gasteiger partial charge in [-0.2, -0.15) is 0 Å². The number of aryl methyl sites for hydroxylation is 1. The van der Waals surface area contributed by atoms with Crippen LogP contribution in [-0.2, 0) is 0 Å². The van der Waals surface area contributed by atoms with Crippen LogP contribution in [0.2, 0.25) is 5.02 Å². The molecule has 3 nitrogen and oxygen atoms in total. The average molecular weight is 266 g/mol. The van der Waals surface area contributed by atoms with Gasteiger partial charge in [0.1, 0.15) is 5.69 Å². The van der Waals surface area contributed by atoms with Gasteiger partial charge in [0.2, 0.25) is 0 Å². The number of pyridine rings is 1. The van der Waals surface area contributed by atoms with Crippen LogP contribution in [-0.4, -0.2) is 11.0 Å². The SMILES string of the molecule is Cc1cc(F)c(OC(=O)c2ccccn2)cc1Cl. The number of carbonyl (C=O) groups is 1. The Morgan fingerprint density at radius 1 is 1.39 bits per heavy atom. The summed E-state index contributed by atoms with van der Waals surface area (Å²) in [5, 5.41) is 0.334. The third-order valence-corrected chi connectivity index (χ3v) is 2.70. The Morgan fingerprint density at radius 3 is 2.83 bits per heavy atom. The van der Waals surface area contributed by atoms with Gasteiger partial charge in [-0.15, -0.1) is 0 Å². The number of esters is 1. The minimum Gasteiger partial charge on any atom is -0.419 e. The lowest BCUT2D eigenvalue weighted by Crippen LogP contribution is -2.11. The van der Waals surface area contributed by atoms with Gasteiger partial charge in [-0.05, 0) is 30.7 Å². The zero-order chi connectivity index (χ0) is 13.1. The Morgan fingerprint density at radius 2 is 2.17 bits per heavy atom. The van der Waals surface area contributed by atoms with Crippen molar-refractivity contribution in [3.8, 4) is 5.75 Å². The topological polar surface area (TPSA) is 39.2 Å². The predicted molar refractivity (Wildman–Crippen MR) is 65.3 cm³/mol. The molecular weight excluding hydrogens is 257 g/mol. The van der Waals surface area contributed by atoms with Gasteiger partial charge in [0.05, 0.1) is 0 Å². The van der Waals surface area contributed by atoms with Crippen molar-refractivity contribution in [2.45, 2.75) is 6.92 Å². The van der Waals surface area contributed by atoms with Crippen LogP contribution in [0.5, 0.6) is 5.75 Å². The normalized spacial score (nSPS) is 10.2. The molecule has 1 heterocycles. The van der Waals surface area contributed by atoms with Crippen molar-refractivity contribution in [3.63, 3.8) is 0 Å². The van der Waals surface area contributed by atoms with Crippen LogP contribution in [0.3, 0.4) is 0 Å². The molecule has 0 saturated carbocycles. The molecule has 0 aliphatic heterocycles. The van der Waals surface area contributed by atoms with E-state index in [1.165, 1.54) is 24.4 Å². The van der Waals surface area contributed by atoms with Crippen LogP contribution in [0.1, 0.15) is 16.1 Å². The molecule has 0 amide bonds. The maximum atomic E-state index is 13.6. The molecule has 0 N–H and O–H groups in total. The third kappa shape index (κ3) is 2.65. The van der Waals surface area contributed by atoms with Crippen molar-refractivity contribution in [2.75, 3.05) is 0 Å². The molecule has 2 aromatic rings. The van der Waals surface area contributed by atoms with Gasteiger partial charge in [0, 0.05) is 17.3 Å². The van der Waals surface area contributed by atoms with Crippen LogP contribution in [0.25, 0.3) is 0 Å². The number of halogens is 2. The number of hydrogen-bond donors (Lipinski definition) is 0. The highest BCUT2D eigenvalue weighted by atomic mass is 35.5. The van der Waals surface area contributed by atoms with E-state index in [4.69, 9.17) is 16.3 Å². The van der Waals surface area contributed by atoms with Gasteiger partial charge in [-0.25, -0.2) is 14.2 Å². The van der Waals surface area contributed by atoms with Crippen molar-refractivity contribution >= 4 is 17.6 Å². The highest BCUT2D eigenvalue weighted by molar-refractivity contribution is 6.31. The smallest absolute Gasteiger partial charge is 0.362 e. The molecule has 0 atom stereocenters. The summed E-state index contributed by atoms with van der Waals surface area (Å²) in [6.45, 7) is 1.66. The largest absolute Gasteiger partial charge is 0.419 e. The Labute approximate surface area is 108 Å². The Hall–Kier alpha value is -1.94. The molecule has 92 valence electrons. The average Bonchev–Trinajstić information content (AvgIpc) is 2.37. The molecule has 0 bridgehead atoms. The Balaban J connectivity index is 2.25. The number of aromatic nitrogens is 1. The molecule has 2 rings (SSSR count). The molecule has 0 aliphatic rings. The van der Waals surface area contributed by atoms with E-state index in [0.717, 1.165) is 0 Å². The lowest BCUT2D eigenvalue weighted by atomic mass is 10.2. The summed E-state index contributed by atoms with van der Waals surface area (Å²) in [5.41, 5.74) is 0.681. The Bertz CT molecular complexity index is 587. The molecule has 0 radical (unpaired) electrons. The van der Waals surface area contributed by atoms with Gasteiger partial charge < -0.3 is 4.74 Å². The van der Waals surface area contributed by atoms with E-state index in [1.54, 1.807) is 19.1 Å². The summed E-state index contributed by atoms with van der Waals surface area (Å²) >= 11 is 5.84. The van der Waals surface area contributed by atoms with Crippen molar-refractivity contribution < 1.29 is 13.9 Å². The summed E-state index contributed by atoms with van der Waals surface area (Å²) in [5.74, 6) is -1.57. The second-order valence-electron chi connectivity index (χ2n) is 3.64. The zero-order valence-electron chi connectivity index (χ0n) is 9.48. The first kappa shape index (κ1) is 12.5. The molecule has 0 fully saturated rings. The molecular formula is C13H9ClFNO2. The maximum Gasteiger partial charge on any atom is 0.362 e. The minimum atomic E-state index is -0.727. The van der Waals surface area contributed by atoms with Crippen molar-refractivity contribution in [1.82, 2.24) is 4.98 Å². The fourth-order valence-corrected chi connectivity index (χ4v) is 1.50. The monoisotopic (exact) mass is 265 g/mol. The van der Waals surface area contributed by atoms with Gasteiger partial charge in [-0.1, -0.05) is 17.7 Å². The van der Waals surface area contributed by atoms with Crippen LogP contribution in [0.4, 0.5) is 4.39 Å². The highest BCUT2D eigenvalue weighted by Crippen LogP contribution is 2.26. The quantitative estimate of drug-likeness (QED) is 0.617. The summed E-state index contributed by atoms with van der Waals surface area (Å²) in [7, 11) is 0. The second-order valence-corrected chi connectivity index (χ2v) is 4.04. The van der Waals surface area contributed by atoms with E-state index in [2.05, 4.69) is 4.98 Å². The number of rotatable bonds is 2. The first-order chi connectivity index (χ1) is 8.58. The fourth-order valence-electron chi connectivity index (χ4n) is 1.34. The first-order valence-electron chi connectivity index (χ1n) is 5.17. The summed E-state index contributed by atoms with van der Waals surface area (Å²) in [4.78, 5) is 15.5. The molecule has 5 heteroatoms. The number of carbonyl (C=O) groups excluding carboxylic acids is 1. The molecule has 0 spiro atoms. The predicted octanol–water partition coefficient (Wildman–Crippen LogP) is 3.40. The lowest BCUT2D eigenvalue weighted by molar-refractivity contribution is 0.0721. The van der Waals surface area contributed by atoms with Crippen LogP contribution in [0.15, 0.2) is 36.5 Å². The van der Waals surface area contributed by atoms with E-state index in [-0.39, 0.29) is 11.4 Å². The minimum absolute atomic E-state index is 0.105. The molecule has 0 aliphatic carbocycles. The van der Waals surface area contributed by atoms with Crippen LogP contribution >= 0.6 is 11.6 Å². The number of benzene rings is 1. The lowest BCUT2D eigenvalue weighted by Gasteiger charge is -2.06.